The lowest BCUT2D eigenvalue weighted by Gasteiger charge is -2.30. The fourth-order valence-electron chi connectivity index (χ4n) is 3.70. The number of sulfonamides is 1. The molecule has 0 radical (unpaired) electrons. The molecule has 186 valence electrons. The summed E-state index contributed by atoms with van der Waals surface area (Å²) in [5.74, 6) is 0.698. The minimum Gasteiger partial charge on any atom is -0.497 e. The van der Waals surface area contributed by atoms with Crippen LogP contribution in [0.1, 0.15) is 24.2 Å². The van der Waals surface area contributed by atoms with Gasteiger partial charge in [0, 0.05) is 45.4 Å². The van der Waals surface area contributed by atoms with Crippen molar-refractivity contribution in [2.75, 3.05) is 45.7 Å². The van der Waals surface area contributed by atoms with Crippen molar-refractivity contribution >= 4 is 21.6 Å². The molecule has 10 heteroatoms. The number of likely N-dealkylation sites (N-methyl/N-ethyl adjacent to an activating group) is 1. The molecule has 0 saturated heterocycles. The molecule has 1 amide bonds. The van der Waals surface area contributed by atoms with Crippen LogP contribution in [-0.4, -0.2) is 72.3 Å². The van der Waals surface area contributed by atoms with Crippen molar-refractivity contribution < 1.29 is 27.4 Å². The van der Waals surface area contributed by atoms with Gasteiger partial charge in [-0.05, 0) is 37.1 Å². The van der Waals surface area contributed by atoms with Crippen molar-refractivity contribution in [3.63, 3.8) is 0 Å². The second kappa shape index (κ2) is 11.1. The number of fused-ring (bicyclic) bond motifs is 1. The summed E-state index contributed by atoms with van der Waals surface area (Å²) in [5.41, 5.74) is 0.634. The second-order valence-electron chi connectivity index (χ2n) is 8.55. The molecule has 0 unspecified atom stereocenters. The number of hydrogen-bond donors (Lipinski definition) is 2. The van der Waals surface area contributed by atoms with Crippen molar-refractivity contribution in [1.82, 2.24) is 10.2 Å². The van der Waals surface area contributed by atoms with Crippen LogP contribution in [0.2, 0.25) is 0 Å². The summed E-state index contributed by atoms with van der Waals surface area (Å²) >= 11 is 0. The Kier molecular flexibility index (Phi) is 8.40. The Hall–Kier alpha value is -2.82. The number of anilines is 1. The molecule has 3 rings (SSSR count). The van der Waals surface area contributed by atoms with Crippen molar-refractivity contribution in [1.29, 1.82) is 0 Å². The number of nitrogens with one attached hydrogen (secondary N) is 2. The molecule has 9 nitrogen and oxygen atoms in total. The van der Waals surface area contributed by atoms with Gasteiger partial charge in [-0.25, -0.2) is 8.42 Å². The molecule has 1 heterocycles. The summed E-state index contributed by atoms with van der Waals surface area (Å²) in [6, 6.07) is 10.9. The molecule has 0 bridgehead atoms. The number of nitrogens with zero attached hydrogens (tertiary/aromatic N) is 1. The maximum absolute atomic E-state index is 13.2. The first-order valence-corrected chi connectivity index (χ1v) is 12.6. The third-order valence-corrected chi connectivity index (χ3v) is 7.21. The Morgan fingerprint density at radius 3 is 2.62 bits per heavy atom. The lowest BCUT2D eigenvalue weighted by atomic mass is 10.0. The summed E-state index contributed by atoms with van der Waals surface area (Å²) in [4.78, 5) is 14.9. The minimum atomic E-state index is -3.87. The molecule has 2 aromatic rings. The van der Waals surface area contributed by atoms with Crippen LogP contribution in [0.5, 0.6) is 11.5 Å². The number of amides is 1. The number of ether oxygens (including phenoxy) is 3. The zero-order valence-electron chi connectivity index (χ0n) is 20.2. The van der Waals surface area contributed by atoms with E-state index in [0.717, 1.165) is 0 Å². The number of carbonyl (C=O) groups excluding carboxylic acids is 1. The molecule has 0 aromatic heterocycles. The average molecular weight is 492 g/mol. The van der Waals surface area contributed by atoms with Crippen LogP contribution in [0.25, 0.3) is 0 Å². The molecule has 3 atom stereocenters. The number of methoxy groups -OCH3 is 2. The normalized spacial score (nSPS) is 22.1. The topological polar surface area (TPSA) is 106 Å². The first-order chi connectivity index (χ1) is 16.1. The van der Waals surface area contributed by atoms with Crippen molar-refractivity contribution in [3.8, 4) is 11.5 Å². The molecular formula is C24H33N3O6S. The summed E-state index contributed by atoms with van der Waals surface area (Å²) in [7, 11) is 0.958. The van der Waals surface area contributed by atoms with Crippen LogP contribution >= 0.6 is 0 Å². The van der Waals surface area contributed by atoms with Crippen LogP contribution in [0.4, 0.5) is 5.69 Å². The van der Waals surface area contributed by atoms with E-state index >= 15 is 0 Å². The van der Waals surface area contributed by atoms with E-state index in [4.69, 9.17) is 14.2 Å². The Bertz CT molecular complexity index is 1110. The highest BCUT2D eigenvalue weighted by atomic mass is 32.2. The highest BCUT2D eigenvalue weighted by molar-refractivity contribution is 7.92. The maximum Gasteiger partial charge on any atom is 0.262 e. The predicted molar refractivity (Wildman–Crippen MR) is 130 cm³/mol. The van der Waals surface area contributed by atoms with Crippen LogP contribution in [-0.2, 0) is 14.8 Å². The summed E-state index contributed by atoms with van der Waals surface area (Å²) in [6.45, 7) is 5.49. The Morgan fingerprint density at radius 1 is 1.15 bits per heavy atom. The summed E-state index contributed by atoms with van der Waals surface area (Å²) in [5, 5.41) is 3.42. The number of carbonyl (C=O) groups is 1. The molecule has 1 aliphatic rings. The molecular weight excluding hydrogens is 458 g/mol. The van der Waals surface area contributed by atoms with Crippen molar-refractivity contribution in [3.05, 3.63) is 48.0 Å². The van der Waals surface area contributed by atoms with Gasteiger partial charge in [0.1, 0.15) is 18.1 Å². The lowest BCUT2D eigenvalue weighted by molar-refractivity contribution is 0.0281. The number of benzene rings is 2. The van der Waals surface area contributed by atoms with Gasteiger partial charge < -0.3 is 24.4 Å². The van der Waals surface area contributed by atoms with Gasteiger partial charge in [-0.3, -0.25) is 9.52 Å². The molecule has 2 aromatic carbocycles. The van der Waals surface area contributed by atoms with Crippen molar-refractivity contribution in [2.45, 2.75) is 30.9 Å². The molecule has 0 spiro atoms. The van der Waals surface area contributed by atoms with Crippen molar-refractivity contribution in [2.24, 2.45) is 5.92 Å². The van der Waals surface area contributed by atoms with Gasteiger partial charge in [-0.1, -0.05) is 13.0 Å². The fourth-order valence-corrected chi connectivity index (χ4v) is 4.79. The van der Waals surface area contributed by atoms with Crippen LogP contribution in [0.3, 0.4) is 0 Å². The van der Waals surface area contributed by atoms with E-state index in [1.807, 2.05) is 6.92 Å². The molecule has 2 N–H and O–H groups in total. The third kappa shape index (κ3) is 6.19. The smallest absolute Gasteiger partial charge is 0.262 e. The lowest BCUT2D eigenvalue weighted by Crippen LogP contribution is -2.44. The van der Waals surface area contributed by atoms with Crippen LogP contribution < -0.4 is 19.5 Å². The molecule has 34 heavy (non-hydrogen) atoms. The fraction of sp³-hybridized carbons (Fsp3) is 0.458. The van der Waals surface area contributed by atoms with E-state index in [1.165, 1.54) is 25.3 Å². The van der Waals surface area contributed by atoms with E-state index < -0.39 is 10.0 Å². The Morgan fingerprint density at radius 2 is 1.91 bits per heavy atom. The standard InChI is InChI=1S/C24H33N3O6S/c1-16-13-25-17(2)15-33-22-11-18(9-10-21(22)24(28)27(3)14-23(16)32-5)26-34(29,30)20-8-6-7-19(12-20)31-4/h6-12,16-17,23,25-26H,13-15H2,1-5H3/t16-,17-,23-/m1/s1. The third-order valence-electron chi connectivity index (χ3n) is 5.83. The van der Waals surface area contributed by atoms with E-state index in [2.05, 4.69) is 17.0 Å². The van der Waals surface area contributed by atoms with E-state index in [0.29, 0.717) is 36.8 Å². The first kappa shape index (κ1) is 25.8. The van der Waals surface area contributed by atoms with Gasteiger partial charge in [0.15, 0.2) is 0 Å². The maximum atomic E-state index is 13.2. The first-order valence-electron chi connectivity index (χ1n) is 11.1. The largest absolute Gasteiger partial charge is 0.497 e. The molecule has 0 saturated carbocycles. The van der Waals surface area contributed by atoms with Gasteiger partial charge >= 0.3 is 0 Å². The number of hydrogen-bond acceptors (Lipinski definition) is 7. The zero-order chi connectivity index (χ0) is 24.9. The van der Waals surface area contributed by atoms with Gasteiger partial charge in [-0.2, -0.15) is 0 Å². The predicted octanol–water partition coefficient (Wildman–Crippen LogP) is 2.59. The Balaban J connectivity index is 1.92. The highest BCUT2D eigenvalue weighted by Gasteiger charge is 2.26. The summed E-state index contributed by atoms with van der Waals surface area (Å²) in [6.07, 6.45) is -0.133. The summed E-state index contributed by atoms with van der Waals surface area (Å²) < 4.78 is 45.1. The van der Waals surface area contributed by atoms with Gasteiger partial charge in [0.2, 0.25) is 0 Å². The van der Waals surface area contributed by atoms with E-state index in [9.17, 15) is 13.2 Å². The van der Waals surface area contributed by atoms with Gasteiger partial charge in [-0.15, -0.1) is 0 Å². The van der Waals surface area contributed by atoms with Crippen LogP contribution in [0, 0.1) is 5.92 Å². The van der Waals surface area contributed by atoms with Gasteiger partial charge in [0.25, 0.3) is 15.9 Å². The quantitative estimate of drug-likeness (QED) is 0.662. The molecule has 1 aliphatic heterocycles. The van der Waals surface area contributed by atoms with E-state index in [1.54, 1.807) is 43.3 Å². The highest BCUT2D eigenvalue weighted by Crippen LogP contribution is 2.28. The molecule has 0 aliphatic carbocycles. The monoisotopic (exact) mass is 491 g/mol. The zero-order valence-corrected chi connectivity index (χ0v) is 21.0. The van der Waals surface area contributed by atoms with Crippen LogP contribution in [0.15, 0.2) is 47.4 Å². The average Bonchev–Trinajstić information content (AvgIpc) is 2.83. The van der Waals surface area contributed by atoms with E-state index in [-0.39, 0.29) is 34.6 Å². The minimum absolute atomic E-state index is 0.0113. The SMILES string of the molecule is COc1cccc(S(=O)(=O)Nc2ccc3c(c2)OC[C@@H](C)NC[C@@H](C)[C@H](OC)CN(C)C3=O)c1. The van der Waals surface area contributed by atoms with Gasteiger partial charge in [0.05, 0.1) is 29.4 Å². The second-order valence-corrected chi connectivity index (χ2v) is 10.2. The Labute approximate surface area is 201 Å². The number of rotatable bonds is 5. The molecule has 0 fully saturated rings.